The number of H-pyrrole nitrogens is 1. The van der Waals surface area contributed by atoms with Crippen molar-refractivity contribution in [1.82, 2.24) is 14.8 Å². The van der Waals surface area contributed by atoms with Gasteiger partial charge in [0.1, 0.15) is 11.6 Å². The Labute approximate surface area is 192 Å². The number of hydrogen-bond acceptors (Lipinski definition) is 3. The monoisotopic (exact) mass is 441 g/mol. The number of rotatable bonds is 4. The molecule has 0 unspecified atom stereocenters. The maximum absolute atomic E-state index is 13.6. The Morgan fingerprint density at radius 3 is 2.58 bits per heavy atom. The zero-order valence-electron chi connectivity index (χ0n) is 18.7. The molecular weight excluding hydrogens is 414 g/mol. The van der Waals surface area contributed by atoms with Crippen LogP contribution < -0.4 is 5.56 Å². The Hall–Kier alpha value is -3.67. The van der Waals surface area contributed by atoms with Crippen molar-refractivity contribution in [2.45, 2.75) is 31.7 Å². The van der Waals surface area contributed by atoms with E-state index in [1.54, 1.807) is 22.9 Å². The zero-order chi connectivity index (χ0) is 22.9. The maximum atomic E-state index is 13.6. The number of fused-ring (bicyclic) bond motifs is 1. The lowest BCUT2D eigenvalue weighted by Gasteiger charge is -2.39. The van der Waals surface area contributed by atoms with Crippen molar-refractivity contribution >= 4 is 11.8 Å². The summed E-state index contributed by atoms with van der Waals surface area (Å²) in [6, 6.07) is 19.1. The lowest BCUT2D eigenvalue weighted by molar-refractivity contribution is -0.138. The van der Waals surface area contributed by atoms with Gasteiger partial charge >= 0.3 is 0 Å². The van der Waals surface area contributed by atoms with Gasteiger partial charge in [-0.25, -0.2) is 0 Å². The van der Waals surface area contributed by atoms with Gasteiger partial charge in [0.15, 0.2) is 0 Å². The summed E-state index contributed by atoms with van der Waals surface area (Å²) >= 11 is 0. The number of hydrogen-bond donors (Lipinski definition) is 1. The number of aromatic nitrogens is 1. The van der Waals surface area contributed by atoms with E-state index in [0.717, 1.165) is 47.2 Å². The number of likely N-dealkylation sites (N-methyl/N-ethyl adjacent to an activating group) is 1. The van der Waals surface area contributed by atoms with Crippen molar-refractivity contribution < 1.29 is 9.59 Å². The molecule has 0 radical (unpaired) electrons. The minimum absolute atomic E-state index is 0.102. The summed E-state index contributed by atoms with van der Waals surface area (Å²) in [5.41, 5.74) is 4.84. The molecule has 1 fully saturated rings. The predicted octanol–water partition coefficient (Wildman–Crippen LogP) is 3.06. The summed E-state index contributed by atoms with van der Waals surface area (Å²) in [7, 11) is 1.77. The van der Waals surface area contributed by atoms with Crippen molar-refractivity contribution in [2.75, 3.05) is 20.1 Å². The standard InChI is InChI=1S/C27H27N3O3/c1-29-14-15-30(26(32)22-16-20-11-7-13-23(20)28-25(22)31)24(27(29)33)17-19-10-5-6-12-21(19)18-8-3-2-4-9-18/h2-6,8-10,12,16,24H,7,11,13-15,17H2,1H3,(H,28,31)/t24-/m1/s1. The van der Waals surface area contributed by atoms with Gasteiger partial charge in [-0.3, -0.25) is 14.4 Å². The number of carbonyl (C=O) groups excluding carboxylic acids is 2. The maximum Gasteiger partial charge on any atom is 0.261 e. The van der Waals surface area contributed by atoms with Crippen LogP contribution in [0, 0.1) is 0 Å². The molecule has 6 heteroatoms. The van der Waals surface area contributed by atoms with Gasteiger partial charge in [-0.05, 0) is 47.6 Å². The van der Waals surface area contributed by atoms with Crippen LogP contribution in [-0.2, 0) is 24.1 Å². The van der Waals surface area contributed by atoms with E-state index in [1.165, 1.54) is 0 Å². The van der Waals surface area contributed by atoms with E-state index >= 15 is 0 Å². The first-order chi connectivity index (χ1) is 16.0. The Morgan fingerprint density at radius 1 is 1.00 bits per heavy atom. The van der Waals surface area contributed by atoms with Gasteiger partial charge in [0.2, 0.25) is 5.91 Å². The first-order valence-electron chi connectivity index (χ1n) is 11.5. The molecule has 2 heterocycles. The van der Waals surface area contributed by atoms with Gasteiger partial charge in [0, 0.05) is 32.3 Å². The second kappa shape index (κ2) is 8.70. The SMILES string of the molecule is CN1CCN(C(=O)c2cc3c([nH]c2=O)CCC3)[C@H](Cc2ccccc2-c2ccccc2)C1=O. The van der Waals surface area contributed by atoms with E-state index in [9.17, 15) is 14.4 Å². The van der Waals surface area contributed by atoms with Crippen LogP contribution in [0.25, 0.3) is 11.1 Å². The summed E-state index contributed by atoms with van der Waals surface area (Å²) in [6.07, 6.45) is 3.07. The molecule has 6 nitrogen and oxygen atoms in total. The van der Waals surface area contributed by atoms with E-state index in [1.807, 2.05) is 54.6 Å². The predicted molar refractivity (Wildman–Crippen MR) is 127 cm³/mol. The molecule has 1 aromatic heterocycles. The van der Waals surface area contributed by atoms with Gasteiger partial charge in [-0.2, -0.15) is 0 Å². The van der Waals surface area contributed by atoms with Crippen LogP contribution in [0.1, 0.15) is 33.6 Å². The summed E-state index contributed by atoms with van der Waals surface area (Å²) in [6.45, 7) is 0.847. The Bertz CT molecular complexity index is 1270. The number of nitrogens with zero attached hydrogens (tertiary/aromatic N) is 2. The van der Waals surface area contributed by atoms with Gasteiger partial charge < -0.3 is 14.8 Å². The first kappa shape index (κ1) is 21.2. The van der Waals surface area contributed by atoms with Gasteiger partial charge in [-0.15, -0.1) is 0 Å². The number of amides is 2. The van der Waals surface area contributed by atoms with Crippen LogP contribution in [0.4, 0.5) is 0 Å². The smallest absolute Gasteiger partial charge is 0.261 e. The van der Waals surface area contributed by atoms with E-state index in [-0.39, 0.29) is 22.9 Å². The number of pyridine rings is 1. The van der Waals surface area contributed by atoms with Crippen LogP contribution in [-0.4, -0.2) is 52.8 Å². The van der Waals surface area contributed by atoms with E-state index in [4.69, 9.17) is 0 Å². The fourth-order valence-electron chi connectivity index (χ4n) is 4.98. The molecule has 0 spiro atoms. The second-order valence-corrected chi connectivity index (χ2v) is 8.87. The van der Waals surface area contributed by atoms with Crippen molar-refractivity contribution in [3.8, 4) is 11.1 Å². The third-order valence-corrected chi connectivity index (χ3v) is 6.81. The molecule has 2 aliphatic rings. The van der Waals surface area contributed by atoms with Gasteiger partial charge in [0.05, 0.1) is 0 Å². The summed E-state index contributed by atoms with van der Waals surface area (Å²) in [4.78, 5) is 45.7. The lowest BCUT2D eigenvalue weighted by Crippen LogP contribution is -2.58. The molecule has 5 rings (SSSR count). The topological polar surface area (TPSA) is 73.5 Å². The minimum Gasteiger partial charge on any atom is -0.342 e. The molecule has 1 aliphatic carbocycles. The highest BCUT2D eigenvalue weighted by Gasteiger charge is 2.37. The lowest BCUT2D eigenvalue weighted by atomic mass is 9.93. The molecule has 2 amide bonds. The van der Waals surface area contributed by atoms with Gasteiger partial charge in [-0.1, -0.05) is 54.6 Å². The van der Waals surface area contributed by atoms with Gasteiger partial charge in [0.25, 0.3) is 11.5 Å². The largest absolute Gasteiger partial charge is 0.342 e. The fraction of sp³-hybridized carbons (Fsp3) is 0.296. The van der Waals surface area contributed by atoms with Crippen LogP contribution in [0.5, 0.6) is 0 Å². The molecule has 33 heavy (non-hydrogen) atoms. The third kappa shape index (κ3) is 3.97. The molecule has 2 aromatic carbocycles. The summed E-state index contributed by atoms with van der Waals surface area (Å²) < 4.78 is 0. The quantitative estimate of drug-likeness (QED) is 0.676. The fourth-order valence-corrected chi connectivity index (χ4v) is 4.98. The molecule has 0 bridgehead atoms. The average molecular weight is 442 g/mol. The normalized spacial score (nSPS) is 17.8. The van der Waals surface area contributed by atoms with Crippen molar-refractivity contribution in [3.63, 3.8) is 0 Å². The molecule has 1 N–H and O–H groups in total. The second-order valence-electron chi connectivity index (χ2n) is 8.87. The third-order valence-electron chi connectivity index (χ3n) is 6.81. The number of nitrogens with one attached hydrogen (secondary N) is 1. The molecular formula is C27H27N3O3. The molecule has 1 atom stereocenters. The average Bonchev–Trinajstić information content (AvgIpc) is 3.29. The van der Waals surface area contributed by atoms with E-state index in [2.05, 4.69) is 4.98 Å². The molecule has 168 valence electrons. The minimum atomic E-state index is -0.659. The highest BCUT2D eigenvalue weighted by Crippen LogP contribution is 2.27. The number of carbonyl (C=O) groups is 2. The van der Waals surface area contributed by atoms with Crippen molar-refractivity contribution in [1.29, 1.82) is 0 Å². The molecule has 1 aliphatic heterocycles. The molecule has 3 aromatic rings. The van der Waals surface area contributed by atoms with Crippen molar-refractivity contribution in [3.05, 3.63) is 93.4 Å². The highest BCUT2D eigenvalue weighted by atomic mass is 16.2. The highest BCUT2D eigenvalue weighted by molar-refractivity contribution is 5.98. The van der Waals surface area contributed by atoms with Crippen LogP contribution >= 0.6 is 0 Å². The molecule has 0 saturated carbocycles. The Kier molecular flexibility index (Phi) is 5.58. The number of benzene rings is 2. The van der Waals surface area contributed by atoms with E-state index in [0.29, 0.717) is 19.5 Å². The van der Waals surface area contributed by atoms with Crippen LogP contribution in [0.2, 0.25) is 0 Å². The van der Waals surface area contributed by atoms with Crippen LogP contribution in [0.3, 0.4) is 0 Å². The number of aromatic amines is 1. The Morgan fingerprint density at radius 2 is 1.76 bits per heavy atom. The van der Waals surface area contributed by atoms with Crippen LogP contribution in [0.15, 0.2) is 65.5 Å². The summed E-state index contributed by atoms with van der Waals surface area (Å²) in [5, 5.41) is 0. The number of aryl methyl sites for hydroxylation is 2. The summed E-state index contributed by atoms with van der Waals surface area (Å²) in [5.74, 6) is -0.468. The Balaban J connectivity index is 1.50. The molecule has 1 saturated heterocycles. The first-order valence-corrected chi connectivity index (χ1v) is 11.5. The van der Waals surface area contributed by atoms with Crippen molar-refractivity contribution in [2.24, 2.45) is 0 Å². The number of piperazine rings is 1. The zero-order valence-corrected chi connectivity index (χ0v) is 18.7. The van der Waals surface area contributed by atoms with E-state index < -0.39 is 6.04 Å².